The molecule has 0 aromatic rings. The fourth-order valence-electron chi connectivity index (χ4n) is 0.597. The number of halogens is 1. The average Bonchev–Trinajstić information content (AvgIpc) is 1.54. The van der Waals surface area contributed by atoms with E-state index in [0.29, 0.717) is 0 Å². The predicted molar refractivity (Wildman–Crippen MR) is 39.4 cm³/mol. The Balaban J connectivity index is 4.79. The van der Waals surface area contributed by atoms with Crippen molar-refractivity contribution in [2.75, 3.05) is 0 Å². The van der Waals surface area contributed by atoms with Crippen LogP contribution in [0.5, 0.6) is 0 Å². The number of carbonyl (C=O) groups excluding carboxylic acids is 1. The van der Waals surface area contributed by atoms with E-state index in [2.05, 4.69) is 0 Å². The molecule has 5 nitrogen and oxygen atoms in total. The Bertz CT molecular complexity index is 247. The summed E-state index contributed by atoms with van der Waals surface area (Å²) in [5, 5.41) is 0. The molecule has 0 saturated heterocycles. The van der Waals surface area contributed by atoms with Crippen molar-refractivity contribution in [3.63, 3.8) is 0 Å². The third-order valence-electron chi connectivity index (χ3n) is 0.882. The predicted octanol–water partition coefficient (Wildman–Crippen LogP) is 0.222. The van der Waals surface area contributed by atoms with Gasteiger partial charge in [0.1, 0.15) is 5.50 Å². The number of alkyl halides is 1. The Morgan fingerprint density at radius 1 is 1.64 bits per heavy atom. The van der Waals surface area contributed by atoms with E-state index in [1.54, 1.807) is 0 Å². The summed E-state index contributed by atoms with van der Waals surface area (Å²) in [6.07, 6.45) is 0. The van der Waals surface area contributed by atoms with E-state index in [9.17, 15) is 13.2 Å². The maximum absolute atomic E-state index is 10.5. The zero-order chi connectivity index (χ0) is 9.23. The number of hydrogen-bond donors (Lipinski definition) is 1. The Morgan fingerprint density at radius 3 is 2.00 bits per heavy atom. The molecular weight excluding hydrogens is 194 g/mol. The lowest BCUT2D eigenvalue weighted by Crippen LogP contribution is -2.38. The first-order chi connectivity index (χ1) is 4.76. The molecule has 7 heteroatoms. The van der Waals surface area contributed by atoms with Crippen molar-refractivity contribution in [2.45, 2.75) is 19.3 Å². The van der Waals surface area contributed by atoms with E-state index in [1.165, 1.54) is 6.92 Å². The smallest absolute Gasteiger partial charge is 0.274 e. The summed E-state index contributed by atoms with van der Waals surface area (Å²) in [5.74, 6) is -0.824. The topological polar surface area (TPSA) is 74.7 Å². The van der Waals surface area contributed by atoms with Crippen LogP contribution in [0, 0.1) is 0 Å². The summed E-state index contributed by atoms with van der Waals surface area (Å²) in [6, 6.07) is 0. The molecular formula is C4H8ClNO4S. The lowest BCUT2D eigenvalue weighted by atomic mass is 10.6. The third-order valence-corrected chi connectivity index (χ3v) is 2.26. The van der Waals surface area contributed by atoms with E-state index in [4.69, 9.17) is 16.2 Å². The monoisotopic (exact) mass is 201 g/mol. The van der Waals surface area contributed by atoms with Crippen molar-refractivity contribution in [3.8, 4) is 0 Å². The number of hydrogen-bond acceptors (Lipinski definition) is 3. The molecule has 0 fully saturated rings. The zero-order valence-electron chi connectivity index (χ0n) is 5.98. The Morgan fingerprint density at radius 2 is 2.00 bits per heavy atom. The maximum Gasteiger partial charge on any atom is 0.363 e. The molecule has 0 aliphatic carbocycles. The number of amides is 1. The van der Waals surface area contributed by atoms with Crippen LogP contribution in [0.2, 0.25) is 0 Å². The molecule has 11 heavy (non-hydrogen) atoms. The molecule has 0 heterocycles. The van der Waals surface area contributed by atoms with Gasteiger partial charge in [-0.15, -0.1) is 0 Å². The summed E-state index contributed by atoms with van der Waals surface area (Å²) in [7, 11) is -4.51. The SMILES string of the molecule is CC(=O)N(C(C)Cl)S(=O)(=O)O. The number of carbonyl (C=O) groups is 1. The second-order valence-electron chi connectivity index (χ2n) is 1.87. The normalized spacial score (nSPS) is 14.2. The minimum atomic E-state index is -4.51. The highest BCUT2D eigenvalue weighted by atomic mass is 35.5. The highest BCUT2D eigenvalue weighted by Gasteiger charge is 2.26. The summed E-state index contributed by atoms with van der Waals surface area (Å²) in [4.78, 5) is 10.5. The van der Waals surface area contributed by atoms with E-state index >= 15 is 0 Å². The molecule has 0 spiro atoms. The second kappa shape index (κ2) is 3.38. The minimum absolute atomic E-state index is 0.175. The summed E-state index contributed by atoms with van der Waals surface area (Å²) in [6.45, 7) is 2.25. The minimum Gasteiger partial charge on any atom is -0.274 e. The van der Waals surface area contributed by atoms with Crippen molar-refractivity contribution >= 4 is 27.8 Å². The Kier molecular flexibility index (Phi) is 3.28. The van der Waals surface area contributed by atoms with Crippen LogP contribution in [0.15, 0.2) is 0 Å². The maximum atomic E-state index is 10.5. The van der Waals surface area contributed by atoms with Gasteiger partial charge in [0.25, 0.3) is 0 Å². The fourth-order valence-corrected chi connectivity index (χ4v) is 1.73. The Hall–Kier alpha value is -0.330. The van der Waals surface area contributed by atoms with Crippen molar-refractivity contribution in [1.82, 2.24) is 4.31 Å². The van der Waals surface area contributed by atoms with Crippen LogP contribution in [-0.2, 0) is 15.1 Å². The van der Waals surface area contributed by atoms with Gasteiger partial charge < -0.3 is 0 Å². The van der Waals surface area contributed by atoms with Gasteiger partial charge >= 0.3 is 10.3 Å². The molecule has 0 radical (unpaired) electrons. The van der Waals surface area contributed by atoms with Crippen molar-refractivity contribution < 1.29 is 17.8 Å². The summed E-state index contributed by atoms with van der Waals surface area (Å²) in [5.41, 5.74) is -1.08. The lowest BCUT2D eigenvalue weighted by molar-refractivity contribution is -0.124. The average molecular weight is 202 g/mol. The highest BCUT2D eigenvalue weighted by molar-refractivity contribution is 7.84. The highest BCUT2D eigenvalue weighted by Crippen LogP contribution is 2.08. The van der Waals surface area contributed by atoms with Gasteiger partial charge in [-0.25, -0.2) is 0 Å². The number of nitrogens with zero attached hydrogens (tertiary/aromatic N) is 1. The molecule has 0 aromatic carbocycles. The molecule has 1 amide bonds. The molecule has 0 aliphatic rings. The fraction of sp³-hybridized carbons (Fsp3) is 0.750. The van der Waals surface area contributed by atoms with Crippen LogP contribution in [0.1, 0.15) is 13.8 Å². The van der Waals surface area contributed by atoms with Gasteiger partial charge in [-0.1, -0.05) is 11.6 Å². The molecule has 1 atom stereocenters. The standard InChI is InChI=1S/C4H8ClNO4S/c1-3(5)6(4(2)7)11(8,9)10/h3H,1-2H3,(H,8,9,10). The van der Waals surface area contributed by atoms with Gasteiger partial charge in [0, 0.05) is 6.92 Å². The quantitative estimate of drug-likeness (QED) is 0.394. The summed E-state index contributed by atoms with van der Waals surface area (Å²) < 4.78 is 29.4. The Labute approximate surface area is 69.8 Å². The summed E-state index contributed by atoms with van der Waals surface area (Å²) >= 11 is 5.29. The van der Waals surface area contributed by atoms with E-state index < -0.39 is 21.7 Å². The molecule has 1 unspecified atom stereocenters. The van der Waals surface area contributed by atoms with Gasteiger partial charge in [0.05, 0.1) is 0 Å². The van der Waals surface area contributed by atoms with Crippen molar-refractivity contribution in [1.29, 1.82) is 0 Å². The van der Waals surface area contributed by atoms with Crippen LogP contribution in [-0.4, -0.2) is 28.7 Å². The van der Waals surface area contributed by atoms with E-state index in [1.807, 2.05) is 0 Å². The largest absolute Gasteiger partial charge is 0.363 e. The molecule has 1 N–H and O–H groups in total. The first-order valence-corrected chi connectivity index (χ1v) is 4.51. The molecule has 0 rings (SSSR count). The van der Waals surface area contributed by atoms with Gasteiger partial charge in [0.15, 0.2) is 0 Å². The molecule has 0 aliphatic heterocycles. The molecule has 0 bridgehead atoms. The lowest BCUT2D eigenvalue weighted by Gasteiger charge is -2.18. The molecule has 66 valence electrons. The third kappa shape index (κ3) is 3.04. The van der Waals surface area contributed by atoms with Crippen LogP contribution in [0.3, 0.4) is 0 Å². The van der Waals surface area contributed by atoms with Gasteiger partial charge in [-0.3, -0.25) is 9.35 Å². The molecule has 0 aromatic heterocycles. The van der Waals surface area contributed by atoms with Gasteiger partial charge in [-0.2, -0.15) is 12.7 Å². The van der Waals surface area contributed by atoms with Crippen molar-refractivity contribution in [2.24, 2.45) is 0 Å². The van der Waals surface area contributed by atoms with Gasteiger partial charge in [-0.05, 0) is 6.92 Å². The van der Waals surface area contributed by atoms with E-state index in [0.717, 1.165) is 6.92 Å². The van der Waals surface area contributed by atoms with Crippen LogP contribution in [0.25, 0.3) is 0 Å². The van der Waals surface area contributed by atoms with Crippen molar-refractivity contribution in [3.05, 3.63) is 0 Å². The van der Waals surface area contributed by atoms with Crippen LogP contribution >= 0.6 is 11.6 Å². The van der Waals surface area contributed by atoms with Crippen LogP contribution < -0.4 is 0 Å². The second-order valence-corrected chi connectivity index (χ2v) is 3.79. The van der Waals surface area contributed by atoms with E-state index in [-0.39, 0.29) is 4.31 Å². The zero-order valence-corrected chi connectivity index (χ0v) is 7.56. The first kappa shape index (κ1) is 10.7. The first-order valence-electron chi connectivity index (χ1n) is 2.68. The molecule has 0 saturated carbocycles. The van der Waals surface area contributed by atoms with Crippen LogP contribution in [0.4, 0.5) is 0 Å². The number of rotatable bonds is 2. The van der Waals surface area contributed by atoms with Gasteiger partial charge in [0.2, 0.25) is 5.91 Å².